The summed E-state index contributed by atoms with van der Waals surface area (Å²) >= 11 is 0. The number of rotatable bonds is 12. The van der Waals surface area contributed by atoms with E-state index in [9.17, 15) is 9.59 Å². The summed E-state index contributed by atoms with van der Waals surface area (Å²) in [5, 5.41) is 0. The Bertz CT molecular complexity index is 935. The minimum absolute atomic E-state index is 0.121. The maximum absolute atomic E-state index is 12.5. The highest BCUT2D eigenvalue weighted by Gasteiger charge is 2.38. The molecule has 0 saturated heterocycles. The molecule has 0 unspecified atom stereocenters. The van der Waals surface area contributed by atoms with Gasteiger partial charge < -0.3 is 14.2 Å². The van der Waals surface area contributed by atoms with Gasteiger partial charge in [0.05, 0.1) is 19.8 Å². The number of ether oxygens (including phenoxy) is 3. The van der Waals surface area contributed by atoms with Gasteiger partial charge in [0.15, 0.2) is 5.92 Å². The van der Waals surface area contributed by atoms with Gasteiger partial charge in [-0.1, -0.05) is 97.9 Å². The van der Waals surface area contributed by atoms with E-state index in [0.29, 0.717) is 6.61 Å². The average molecular weight is 475 g/mol. The Morgan fingerprint density at radius 2 is 1.06 bits per heavy atom. The first-order valence-corrected chi connectivity index (χ1v) is 12.2. The Morgan fingerprint density at radius 3 is 1.40 bits per heavy atom. The largest absolute Gasteiger partial charge is 0.465 e. The lowest BCUT2D eigenvalue weighted by Gasteiger charge is -2.37. The first-order chi connectivity index (χ1) is 17.0. The molecule has 0 aliphatic heterocycles. The summed E-state index contributed by atoms with van der Waals surface area (Å²) in [6.45, 7) is 6.14. The summed E-state index contributed by atoms with van der Waals surface area (Å²) < 4.78 is 17.1. The molecule has 3 rings (SSSR count). The van der Waals surface area contributed by atoms with Crippen LogP contribution in [0.3, 0.4) is 0 Å². The Balaban J connectivity index is 1.95. The van der Waals surface area contributed by atoms with Crippen molar-refractivity contribution in [2.45, 2.75) is 32.8 Å². The van der Waals surface area contributed by atoms with Crippen molar-refractivity contribution in [3.8, 4) is 0 Å². The lowest BCUT2D eigenvalue weighted by molar-refractivity contribution is -0.162. The topological polar surface area (TPSA) is 61.8 Å². The van der Waals surface area contributed by atoms with E-state index >= 15 is 0 Å². The molecule has 184 valence electrons. The maximum atomic E-state index is 12.5. The molecule has 35 heavy (non-hydrogen) atoms. The summed E-state index contributed by atoms with van der Waals surface area (Å²) in [5.41, 5.74) is 2.13. The van der Waals surface area contributed by atoms with Gasteiger partial charge in [0.25, 0.3) is 0 Å². The fourth-order valence-electron chi connectivity index (χ4n) is 4.28. The molecule has 5 heteroatoms. The van der Waals surface area contributed by atoms with Crippen LogP contribution in [0.2, 0.25) is 0 Å². The van der Waals surface area contributed by atoms with Crippen molar-refractivity contribution in [1.82, 2.24) is 0 Å². The molecule has 1 atom stereocenters. The molecule has 0 aliphatic carbocycles. The monoisotopic (exact) mass is 474 g/mol. The summed E-state index contributed by atoms with van der Waals surface area (Å²) in [6, 6.07) is 30.3. The van der Waals surface area contributed by atoms with Gasteiger partial charge in [-0.3, -0.25) is 9.59 Å². The molecule has 0 aromatic heterocycles. The van der Waals surface area contributed by atoms with E-state index < -0.39 is 23.5 Å². The van der Waals surface area contributed by atoms with Gasteiger partial charge in [-0.25, -0.2) is 0 Å². The van der Waals surface area contributed by atoms with Crippen LogP contribution in [0.1, 0.15) is 43.9 Å². The molecule has 0 saturated carbocycles. The highest BCUT2D eigenvalue weighted by Crippen LogP contribution is 2.41. The van der Waals surface area contributed by atoms with Gasteiger partial charge >= 0.3 is 11.9 Å². The van der Waals surface area contributed by atoms with E-state index in [4.69, 9.17) is 14.2 Å². The van der Waals surface area contributed by atoms with E-state index in [0.717, 1.165) is 16.7 Å². The molecule has 0 N–H and O–H groups in total. The van der Waals surface area contributed by atoms with E-state index in [2.05, 4.69) is 36.4 Å². The number of esters is 2. The standard InChI is InChI=1S/C30H34O5/c1-4-33-28(31)27(29(32)34-5-2)21-23(3)22-35-30(24-15-9-6-10-16-24,25-17-11-7-12-18-25)26-19-13-8-14-20-26/h6-20,23,27H,4-5,21-22H2,1-3H3/t23-/m1/s1. The third kappa shape index (κ3) is 6.37. The predicted octanol–water partition coefficient (Wildman–Crippen LogP) is 5.76. The zero-order valence-corrected chi connectivity index (χ0v) is 20.7. The number of carbonyl (C=O) groups excluding carboxylic acids is 2. The van der Waals surface area contributed by atoms with Gasteiger partial charge in [0.1, 0.15) is 5.60 Å². The zero-order valence-electron chi connectivity index (χ0n) is 20.7. The number of hydrogen-bond acceptors (Lipinski definition) is 5. The molecular formula is C30H34O5. The molecule has 0 heterocycles. The van der Waals surface area contributed by atoms with E-state index in [1.165, 1.54) is 0 Å². The molecule has 0 radical (unpaired) electrons. The molecule has 0 aliphatic rings. The minimum Gasteiger partial charge on any atom is -0.465 e. The van der Waals surface area contributed by atoms with Gasteiger partial charge in [-0.15, -0.1) is 0 Å². The second kappa shape index (κ2) is 12.9. The van der Waals surface area contributed by atoms with Gasteiger partial charge in [0, 0.05) is 0 Å². The molecule has 5 nitrogen and oxygen atoms in total. The Hall–Kier alpha value is -3.44. The zero-order chi connectivity index (χ0) is 25.1. The first-order valence-electron chi connectivity index (χ1n) is 12.2. The highest BCUT2D eigenvalue weighted by molar-refractivity contribution is 5.94. The Kier molecular flexibility index (Phi) is 9.62. The fourth-order valence-corrected chi connectivity index (χ4v) is 4.28. The second-order valence-corrected chi connectivity index (χ2v) is 8.49. The molecule has 0 bridgehead atoms. The van der Waals surface area contributed by atoms with E-state index in [1.807, 2.05) is 61.5 Å². The smallest absolute Gasteiger partial charge is 0.320 e. The number of hydrogen-bond donors (Lipinski definition) is 0. The van der Waals surface area contributed by atoms with Crippen LogP contribution in [0.5, 0.6) is 0 Å². The SMILES string of the molecule is CCOC(=O)C(C[C@@H](C)COC(c1ccccc1)(c1ccccc1)c1ccccc1)C(=O)OCC. The maximum Gasteiger partial charge on any atom is 0.320 e. The van der Waals surface area contributed by atoms with Crippen LogP contribution < -0.4 is 0 Å². The van der Waals surface area contributed by atoms with Crippen molar-refractivity contribution in [3.05, 3.63) is 108 Å². The molecular weight excluding hydrogens is 440 g/mol. The first kappa shape index (κ1) is 26.2. The summed E-state index contributed by atoms with van der Waals surface area (Å²) in [7, 11) is 0. The third-order valence-corrected chi connectivity index (χ3v) is 5.91. The second-order valence-electron chi connectivity index (χ2n) is 8.49. The van der Waals surface area contributed by atoms with Crippen molar-refractivity contribution in [2.24, 2.45) is 11.8 Å². The van der Waals surface area contributed by atoms with Crippen LogP contribution in [-0.2, 0) is 29.4 Å². The Morgan fingerprint density at radius 1 is 0.686 bits per heavy atom. The minimum atomic E-state index is -0.979. The lowest BCUT2D eigenvalue weighted by atomic mass is 9.80. The average Bonchev–Trinajstić information content (AvgIpc) is 2.90. The fraction of sp³-hybridized carbons (Fsp3) is 0.333. The molecule has 3 aromatic rings. The van der Waals surface area contributed by atoms with Crippen molar-refractivity contribution in [2.75, 3.05) is 19.8 Å². The van der Waals surface area contributed by atoms with Crippen LogP contribution in [0.4, 0.5) is 0 Å². The summed E-state index contributed by atoms with van der Waals surface area (Å²) in [4.78, 5) is 25.0. The van der Waals surface area contributed by atoms with Crippen molar-refractivity contribution in [3.63, 3.8) is 0 Å². The lowest BCUT2D eigenvalue weighted by Crippen LogP contribution is -2.36. The van der Waals surface area contributed by atoms with Gasteiger partial charge in [-0.05, 0) is 42.9 Å². The quantitative estimate of drug-likeness (QED) is 0.190. The van der Waals surface area contributed by atoms with E-state index in [1.54, 1.807) is 13.8 Å². The Labute approximate surface area is 208 Å². The van der Waals surface area contributed by atoms with Gasteiger partial charge in [-0.2, -0.15) is 0 Å². The van der Waals surface area contributed by atoms with E-state index in [-0.39, 0.29) is 25.6 Å². The van der Waals surface area contributed by atoms with Crippen LogP contribution >= 0.6 is 0 Å². The summed E-state index contributed by atoms with van der Waals surface area (Å²) in [6.07, 6.45) is 0.270. The summed E-state index contributed by atoms with van der Waals surface area (Å²) in [5.74, 6) is -2.21. The van der Waals surface area contributed by atoms with Crippen LogP contribution in [0.15, 0.2) is 91.0 Å². The van der Waals surface area contributed by atoms with Gasteiger partial charge in [0.2, 0.25) is 0 Å². The number of carbonyl (C=O) groups is 2. The highest BCUT2D eigenvalue weighted by atomic mass is 16.6. The van der Waals surface area contributed by atoms with Crippen LogP contribution in [0.25, 0.3) is 0 Å². The third-order valence-electron chi connectivity index (χ3n) is 5.91. The number of benzene rings is 3. The van der Waals surface area contributed by atoms with Crippen molar-refractivity contribution in [1.29, 1.82) is 0 Å². The van der Waals surface area contributed by atoms with Crippen LogP contribution in [0, 0.1) is 11.8 Å². The van der Waals surface area contributed by atoms with Crippen LogP contribution in [-0.4, -0.2) is 31.8 Å². The van der Waals surface area contributed by atoms with Crippen molar-refractivity contribution < 1.29 is 23.8 Å². The predicted molar refractivity (Wildman–Crippen MR) is 136 cm³/mol. The molecule has 3 aromatic carbocycles. The molecule has 0 fully saturated rings. The van der Waals surface area contributed by atoms with Crippen molar-refractivity contribution >= 4 is 11.9 Å². The normalized spacial score (nSPS) is 12.2. The molecule has 0 amide bonds. The molecule has 0 spiro atoms.